The van der Waals surface area contributed by atoms with Crippen LogP contribution in [0.4, 0.5) is 5.82 Å². The van der Waals surface area contributed by atoms with Crippen molar-refractivity contribution in [1.82, 2.24) is 19.8 Å². The van der Waals surface area contributed by atoms with E-state index in [0.29, 0.717) is 6.61 Å². The molecular weight excluding hydrogens is 346 g/mol. The van der Waals surface area contributed by atoms with Crippen LogP contribution in [0.3, 0.4) is 0 Å². The molecule has 4 heterocycles. The molecule has 0 saturated heterocycles. The van der Waals surface area contributed by atoms with Crippen LogP contribution >= 0.6 is 11.3 Å². The summed E-state index contributed by atoms with van der Waals surface area (Å²) in [6.07, 6.45) is 0.899. The van der Waals surface area contributed by atoms with Crippen molar-refractivity contribution >= 4 is 22.8 Å². The molecule has 0 radical (unpaired) electrons. The lowest BCUT2D eigenvalue weighted by Gasteiger charge is -2.28. The molecule has 0 bridgehead atoms. The van der Waals surface area contributed by atoms with E-state index in [2.05, 4.69) is 46.0 Å². The van der Waals surface area contributed by atoms with E-state index >= 15 is 0 Å². The van der Waals surface area contributed by atoms with Gasteiger partial charge in [-0.05, 0) is 36.1 Å². The number of anilines is 1. The number of hydrogen-bond donors (Lipinski definition) is 1. The fourth-order valence-electron chi connectivity index (χ4n) is 3.35. The summed E-state index contributed by atoms with van der Waals surface area (Å²) in [6, 6.07) is 12.4. The van der Waals surface area contributed by atoms with E-state index in [4.69, 9.17) is 9.84 Å². The van der Waals surface area contributed by atoms with Crippen LogP contribution in [0, 0.1) is 6.92 Å². The predicted molar refractivity (Wildman–Crippen MR) is 102 cm³/mol. The van der Waals surface area contributed by atoms with Gasteiger partial charge in [0.2, 0.25) is 0 Å². The summed E-state index contributed by atoms with van der Waals surface area (Å²) < 4.78 is 7.66. The number of benzene rings is 1. The molecule has 1 N–H and O–H groups in total. The second-order valence-electron chi connectivity index (χ2n) is 6.35. The highest BCUT2D eigenvalue weighted by Crippen LogP contribution is 2.36. The number of fused-ring (bicyclic) bond motifs is 2. The number of aromatic nitrogens is 4. The Morgan fingerprint density at radius 2 is 2.15 bits per heavy atom. The maximum atomic E-state index is 5.86. The standard InChI is InChI=1S/C19H17N5OS/c1-12-3-2-4-14-15(7-9-25-18(12)14)20-16-5-6-17-21-22-19(24(17)23-16)13-8-10-26-11-13/h2-6,8,10-11,15H,7,9H2,1H3,(H,20,23)/t15-/m0/s1. The fourth-order valence-corrected chi connectivity index (χ4v) is 3.98. The number of aryl methyl sites for hydroxylation is 1. The SMILES string of the molecule is Cc1cccc2c1OCC[C@@H]2Nc1ccc2nnc(-c3ccsc3)n2n1. The molecule has 0 amide bonds. The summed E-state index contributed by atoms with van der Waals surface area (Å²) in [4.78, 5) is 0. The molecule has 1 aliphatic rings. The molecule has 1 atom stereocenters. The van der Waals surface area contributed by atoms with Crippen molar-refractivity contribution < 1.29 is 4.74 Å². The van der Waals surface area contributed by atoms with Crippen LogP contribution < -0.4 is 10.1 Å². The molecule has 0 spiro atoms. The van der Waals surface area contributed by atoms with Crippen LogP contribution in [0.5, 0.6) is 5.75 Å². The Bertz CT molecular complexity index is 1070. The molecule has 0 unspecified atom stereocenters. The summed E-state index contributed by atoms with van der Waals surface area (Å²) in [7, 11) is 0. The molecule has 1 aliphatic heterocycles. The van der Waals surface area contributed by atoms with Gasteiger partial charge >= 0.3 is 0 Å². The highest BCUT2D eigenvalue weighted by Gasteiger charge is 2.23. The number of thiophene rings is 1. The van der Waals surface area contributed by atoms with Crippen molar-refractivity contribution in [3.8, 4) is 17.1 Å². The van der Waals surface area contributed by atoms with E-state index < -0.39 is 0 Å². The zero-order valence-corrected chi connectivity index (χ0v) is 15.0. The topological polar surface area (TPSA) is 64.3 Å². The molecule has 3 aromatic heterocycles. The van der Waals surface area contributed by atoms with E-state index in [-0.39, 0.29) is 6.04 Å². The van der Waals surface area contributed by atoms with Gasteiger partial charge in [-0.3, -0.25) is 0 Å². The first-order chi connectivity index (χ1) is 12.8. The summed E-state index contributed by atoms with van der Waals surface area (Å²) in [5.74, 6) is 2.54. The van der Waals surface area contributed by atoms with Gasteiger partial charge in [0.15, 0.2) is 11.5 Å². The first-order valence-corrected chi connectivity index (χ1v) is 9.48. The average Bonchev–Trinajstić information content (AvgIpc) is 3.31. The molecule has 1 aromatic carbocycles. The first-order valence-electron chi connectivity index (χ1n) is 8.53. The van der Waals surface area contributed by atoms with Gasteiger partial charge in [-0.25, -0.2) is 0 Å². The zero-order valence-electron chi connectivity index (χ0n) is 14.2. The van der Waals surface area contributed by atoms with Gasteiger partial charge in [-0.1, -0.05) is 18.2 Å². The highest BCUT2D eigenvalue weighted by molar-refractivity contribution is 7.08. The normalized spacial score (nSPS) is 16.3. The van der Waals surface area contributed by atoms with Gasteiger partial charge in [0.25, 0.3) is 0 Å². The minimum atomic E-state index is 0.171. The monoisotopic (exact) mass is 363 g/mol. The Balaban J connectivity index is 1.51. The van der Waals surface area contributed by atoms with Crippen LogP contribution in [-0.2, 0) is 0 Å². The summed E-state index contributed by atoms with van der Waals surface area (Å²) in [5, 5.41) is 20.9. The highest BCUT2D eigenvalue weighted by atomic mass is 32.1. The Hall–Kier alpha value is -2.93. The predicted octanol–water partition coefficient (Wildman–Crippen LogP) is 4.10. The summed E-state index contributed by atoms with van der Waals surface area (Å²) >= 11 is 1.63. The van der Waals surface area contributed by atoms with E-state index in [1.165, 1.54) is 5.56 Å². The maximum absolute atomic E-state index is 5.86. The molecule has 130 valence electrons. The number of ether oxygens (including phenoxy) is 1. The molecular formula is C19H17N5OS. The summed E-state index contributed by atoms with van der Waals surface area (Å²) in [5.41, 5.74) is 4.11. The van der Waals surface area contributed by atoms with Crippen LogP contribution in [0.2, 0.25) is 0 Å². The second-order valence-corrected chi connectivity index (χ2v) is 7.13. The third kappa shape index (κ3) is 2.52. The second kappa shape index (κ2) is 6.10. The quantitative estimate of drug-likeness (QED) is 0.594. The Morgan fingerprint density at radius 3 is 3.04 bits per heavy atom. The lowest BCUT2D eigenvalue weighted by Crippen LogP contribution is -2.21. The van der Waals surface area contributed by atoms with Crippen LogP contribution in [0.15, 0.2) is 47.2 Å². The first kappa shape index (κ1) is 15.3. The summed E-state index contributed by atoms with van der Waals surface area (Å²) in [6.45, 7) is 2.78. The minimum absolute atomic E-state index is 0.171. The van der Waals surface area contributed by atoms with Crippen LogP contribution in [-0.4, -0.2) is 26.4 Å². The maximum Gasteiger partial charge on any atom is 0.186 e. The third-order valence-electron chi connectivity index (χ3n) is 4.63. The number of nitrogens with zero attached hydrogens (tertiary/aromatic N) is 4. The molecule has 5 rings (SSSR count). The molecule has 6 nitrogen and oxygen atoms in total. The van der Waals surface area contributed by atoms with E-state index in [1.807, 2.05) is 23.6 Å². The number of rotatable bonds is 3. The molecule has 26 heavy (non-hydrogen) atoms. The van der Waals surface area contributed by atoms with E-state index in [9.17, 15) is 0 Å². The van der Waals surface area contributed by atoms with Crippen LogP contribution in [0.1, 0.15) is 23.6 Å². The van der Waals surface area contributed by atoms with Gasteiger partial charge in [-0.2, -0.15) is 15.9 Å². The Kier molecular flexibility index (Phi) is 3.60. The van der Waals surface area contributed by atoms with Gasteiger partial charge in [0.1, 0.15) is 11.6 Å². The average molecular weight is 363 g/mol. The fraction of sp³-hybridized carbons (Fsp3) is 0.211. The lowest BCUT2D eigenvalue weighted by molar-refractivity contribution is 0.272. The van der Waals surface area contributed by atoms with Crippen molar-refractivity contribution in [2.45, 2.75) is 19.4 Å². The van der Waals surface area contributed by atoms with Gasteiger partial charge < -0.3 is 10.1 Å². The van der Waals surface area contributed by atoms with Crippen molar-refractivity contribution in [1.29, 1.82) is 0 Å². The largest absolute Gasteiger partial charge is 0.493 e. The lowest BCUT2D eigenvalue weighted by atomic mass is 9.98. The molecule has 4 aromatic rings. The minimum Gasteiger partial charge on any atom is -0.493 e. The van der Waals surface area contributed by atoms with Gasteiger partial charge in [0, 0.05) is 22.9 Å². The number of hydrogen-bond acceptors (Lipinski definition) is 6. The van der Waals surface area contributed by atoms with Gasteiger partial charge in [0.05, 0.1) is 12.6 Å². The molecule has 0 fully saturated rings. The Morgan fingerprint density at radius 1 is 1.19 bits per heavy atom. The van der Waals surface area contributed by atoms with Crippen LogP contribution in [0.25, 0.3) is 17.0 Å². The van der Waals surface area contributed by atoms with E-state index in [1.54, 1.807) is 15.9 Å². The van der Waals surface area contributed by atoms with Crippen molar-refractivity contribution in [2.24, 2.45) is 0 Å². The Labute approximate surface area is 154 Å². The molecule has 7 heteroatoms. The van der Waals surface area contributed by atoms with Crippen molar-refractivity contribution in [2.75, 3.05) is 11.9 Å². The molecule has 0 saturated carbocycles. The van der Waals surface area contributed by atoms with Crippen molar-refractivity contribution in [3.63, 3.8) is 0 Å². The zero-order chi connectivity index (χ0) is 17.5. The number of nitrogens with one attached hydrogen (secondary N) is 1. The third-order valence-corrected chi connectivity index (χ3v) is 5.32. The number of para-hydroxylation sites is 1. The molecule has 0 aliphatic carbocycles. The smallest absolute Gasteiger partial charge is 0.186 e. The van der Waals surface area contributed by atoms with Crippen molar-refractivity contribution in [3.05, 3.63) is 58.3 Å². The van der Waals surface area contributed by atoms with E-state index in [0.717, 1.165) is 40.6 Å². The van der Waals surface area contributed by atoms with Gasteiger partial charge in [-0.15, -0.1) is 15.3 Å².